The molecule has 7 nitrogen and oxygen atoms in total. The summed E-state index contributed by atoms with van der Waals surface area (Å²) in [5, 5.41) is 17.0. The van der Waals surface area contributed by atoms with Gasteiger partial charge in [-0.2, -0.15) is 0 Å². The van der Waals surface area contributed by atoms with Crippen LogP contribution >= 0.6 is 12.2 Å². The summed E-state index contributed by atoms with van der Waals surface area (Å²) < 4.78 is 10.3. The molecule has 0 amide bonds. The number of hydrogen-bond acceptors (Lipinski definition) is 5. The first-order valence-corrected chi connectivity index (χ1v) is 6.40. The van der Waals surface area contributed by atoms with E-state index in [1.54, 1.807) is 12.3 Å². The van der Waals surface area contributed by atoms with Crippen molar-refractivity contribution in [1.29, 1.82) is 0 Å². The Morgan fingerprint density at radius 2 is 2.29 bits per heavy atom. The molecule has 1 heterocycles. The number of nitrogens with zero attached hydrogens (tertiary/aromatic N) is 1. The molecule has 21 heavy (non-hydrogen) atoms. The molecular formula is C13H13N3O4S. The summed E-state index contributed by atoms with van der Waals surface area (Å²) in [6.07, 6.45) is 1.58. The number of ether oxygens (including phenoxy) is 1. The Morgan fingerprint density at radius 3 is 2.90 bits per heavy atom. The largest absolute Gasteiger partial charge is 0.494 e. The second-order valence-electron chi connectivity index (χ2n) is 4.03. The Hall–Kier alpha value is -2.61. The number of hydrogen-bond donors (Lipinski definition) is 2. The number of nitro benzene ring substituents is 1. The highest BCUT2D eigenvalue weighted by atomic mass is 32.1. The normalized spacial score (nSPS) is 9.95. The monoisotopic (exact) mass is 307 g/mol. The number of benzene rings is 1. The molecule has 0 atom stereocenters. The van der Waals surface area contributed by atoms with E-state index in [-0.39, 0.29) is 5.69 Å². The standard InChI is InChI=1S/C13H13N3O4S/c1-19-12-7-9(16(17)18)4-5-11(12)15-13(21)14-8-10-3-2-6-20-10/h2-7H,8H2,1H3,(H2,14,15,21). The van der Waals surface area contributed by atoms with Gasteiger partial charge in [0.05, 0.1) is 36.6 Å². The van der Waals surface area contributed by atoms with Crippen molar-refractivity contribution in [2.45, 2.75) is 6.54 Å². The van der Waals surface area contributed by atoms with E-state index in [2.05, 4.69) is 10.6 Å². The van der Waals surface area contributed by atoms with Crippen LogP contribution in [0, 0.1) is 10.1 Å². The summed E-state index contributed by atoms with van der Waals surface area (Å²) in [6.45, 7) is 0.439. The summed E-state index contributed by atoms with van der Waals surface area (Å²) >= 11 is 5.15. The molecule has 0 unspecified atom stereocenters. The summed E-state index contributed by atoms with van der Waals surface area (Å²) in [4.78, 5) is 10.2. The lowest BCUT2D eigenvalue weighted by atomic mass is 10.2. The van der Waals surface area contributed by atoms with Gasteiger partial charge in [-0.15, -0.1) is 0 Å². The zero-order valence-electron chi connectivity index (χ0n) is 11.2. The van der Waals surface area contributed by atoms with Crippen molar-refractivity contribution >= 4 is 28.7 Å². The van der Waals surface area contributed by atoms with Gasteiger partial charge in [0, 0.05) is 6.07 Å². The van der Waals surface area contributed by atoms with E-state index in [4.69, 9.17) is 21.4 Å². The van der Waals surface area contributed by atoms with Crippen LogP contribution in [-0.4, -0.2) is 17.1 Å². The van der Waals surface area contributed by atoms with Crippen LogP contribution in [0.15, 0.2) is 41.0 Å². The topological polar surface area (TPSA) is 89.6 Å². The number of non-ortho nitro benzene ring substituents is 1. The summed E-state index contributed by atoms with van der Waals surface area (Å²) in [5.41, 5.74) is 0.493. The molecule has 0 saturated heterocycles. The van der Waals surface area contributed by atoms with Gasteiger partial charge in [0.25, 0.3) is 5.69 Å². The van der Waals surface area contributed by atoms with E-state index in [0.29, 0.717) is 23.1 Å². The van der Waals surface area contributed by atoms with Crippen LogP contribution in [0.25, 0.3) is 0 Å². The third-order valence-corrected chi connectivity index (χ3v) is 2.89. The molecule has 0 aliphatic rings. The van der Waals surface area contributed by atoms with Crippen LogP contribution in [0.2, 0.25) is 0 Å². The van der Waals surface area contributed by atoms with Crippen LogP contribution in [0.4, 0.5) is 11.4 Å². The highest BCUT2D eigenvalue weighted by Crippen LogP contribution is 2.28. The lowest BCUT2D eigenvalue weighted by molar-refractivity contribution is -0.384. The average molecular weight is 307 g/mol. The molecule has 110 valence electrons. The Kier molecular flexibility index (Phi) is 4.72. The molecule has 2 aromatic rings. The number of anilines is 1. The summed E-state index contributed by atoms with van der Waals surface area (Å²) in [6, 6.07) is 7.85. The molecule has 2 N–H and O–H groups in total. The van der Waals surface area contributed by atoms with Crippen molar-refractivity contribution in [2.75, 3.05) is 12.4 Å². The molecule has 0 fully saturated rings. The number of nitrogens with one attached hydrogen (secondary N) is 2. The molecule has 0 radical (unpaired) electrons. The first-order chi connectivity index (χ1) is 10.1. The molecule has 0 bridgehead atoms. The van der Waals surface area contributed by atoms with Crippen molar-refractivity contribution < 1.29 is 14.1 Å². The molecule has 0 aliphatic carbocycles. The zero-order valence-corrected chi connectivity index (χ0v) is 12.0. The van der Waals surface area contributed by atoms with Crippen LogP contribution in [0.1, 0.15) is 5.76 Å². The second kappa shape index (κ2) is 6.71. The van der Waals surface area contributed by atoms with Gasteiger partial charge in [0.2, 0.25) is 0 Å². The highest BCUT2D eigenvalue weighted by Gasteiger charge is 2.12. The van der Waals surface area contributed by atoms with Crippen LogP contribution in [-0.2, 0) is 6.54 Å². The van der Waals surface area contributed by atoms with Gasteiger partial charge in [0.1, 0.15) is 11.5 Å². The number of furan rings is 1. The van der Waals surface area contributed by atoms with Crippen LogP contribution < -0.4 is 15.4 Å². The Morgan fingerprint density at radius 1 is 1.48 bits per heavy atom. The lowest BCUT2D eigenvalue weighted by Gasteiger charge is -2.12. The van der Waals surface area contributed by atoms with E-state index in [1.165, 1.54) is 25.3 Å². The smallest absolute Gasteiger partial charge is 0.273 e. The predicted molar refractivity (Wildman–Crippen MR) is 81.4 cm³/mol. The molecule has 8 heteroatoms. The fourth-order valence-corrected chi connectivity index (χ4v) is 1.83. The number of methoxy groups -OCH3 is 1. The minimum absolute atomic E-state index is 0.0492. The van der Waals surface area contributed by atoms with Crippen molar-refractivity contribution in [1.82, 2.24) is 5.32 Å². The fraction of sp³-hybridized carbons (Fsp3) is 0.154. The van der Waals surface area contributed by atoms with Gasteiger partial charge in [-0.1, -0.05) is 0 Å². The van der Waals surface area contributed by atoms with Gasteiger partial charge >= 0.3 is 0 Å². The molecular weight excluding hydrogens is 294 g/mol. The Labute approximate surface area is 126 Å². The molecule has 1 aromatic carbocycles. The molecule has 0 aliphatic heterocycles. The minimum atomic E-state index is -0.486. The maximum Gasteiger partial charge on any atom is 0.273 e. The lowest BCUT2D eigenvalue weighted by Crippen LogP contribution is -2.27. The quantitative estimate of drug-likeness (QED) is 0.498. The van der Waals surface area contributed by atoms with Crippen molar-refractivity contribution in [3.05, 3.63) is 52.5 Å². The van der Waals surface area contributed by atoms with Crippen LogP contribution in [0.5, 0.6) is 5.75 Å². The Bertz CT molecular complexity index is 643. The van der Waals surface area contributed by atoms with Crippen molar-refractivity contribution in [3.63, 3.8) is 0 Å². The summed E-state index contributed by atoms with van der Waals surface area (Å²) in [7, 11) is 1.43. The molecule has 0 saturated carbocycles. The maximum absolute atomic E-state index is 10.7. The fourth-order valence-electron chi connectivity index (χ4n) is 1.64. The van der Waals surface area contributed by atoms with E-state index >= 15 is 0 Å². The first-order valence-electron chi connectivity index (χ1n) is 6.00. The van der Waals surface area contributed by atoms with Crippen molar-refractivity contribution in [3.8, 4) is 5.75 Å². The molecule has 0 spiro atoms. The minimum Gasteiger partial charge on any atom is -0.494 e. The number of rotatable bonds is 5. The zero-order chi connectivity index (χ0) is 15.2. The van der Waals surface area contributed by atoms with Gasteiger partial charge in [-0.05, 0) is 30.4 Å². The number of nitro groups is 1. The Balaban J connectivity index is 2.01. The predicted octanol–water partition coefficient (Wildman–Crippen LogP) is 2.68. The van der Waals surface area contributed by atoms with E-state index in [1.807, 2.05) is 6.07 Å². The SMILES string of the molecule is COc1cc([N+](=O)[O-])ccc1NC(=S)NCc1ccco1. The van der Waals surface area contributed by atoms with E-state index in [0.717, 1.165) is 5.76 Å². The number of thiocarbonyl (C=S) groups is 1. The van der Waals surface area contributed by atoms with Gasteiger partial charge < -0.3 is 19.8 Å². The highest BCUT2D eigenvalue weighted by molar-refractivity contribution is 7.80. The van der Waals surface area contributed by atoms with Crippen LogP contribution in [0.3, 0.4) is 0 Å². The summed E-state index contributed by atoms with van der Waals surface area (Å²) in [5.74, 6) is 1.08. The van der Waals surface area contributed by atoms with E-state index in [9.17, 15) is 10.1 Å². The molecule has 2 rings (SSSR count). The maximum atomic E-state index is 10.7. The molecule has 1 aromatic heterocycles. The second-order valence-corrected chi connectivity index (χ2v) is 4.44. The third-order valence-electron chi connectivity index (χ3n) is 2.65. The van der Waals surface area contributed by atoms with Gasteiger partial charge in [-0.3, -0.25) is 10.1 Å². The first kappa shape index (κ1) is 14.8. The average Bonchev–Trinajstić information content (AvgIpc) is 2.98. The van der Waals surface area contributed by atoms with Gasteiger partial charge in [0.15, 0.2) is 5.11 Å². The van der Waals surface area contributed by atoms with Gasteiger partial charge in [-0.25, -0.2) is 0 Å². The van der Waals surface area contributed by atoms with E-state index < -0.39 is 4.92 Å². The van der Waals surface area contributed by atoms with Crippen molar-refractivity contribution in [2.24, 2.45) is 0 Å². The third kappa shape index (κ3) is 3.93.